The summed E-state index contributed by atoms with van der Waals surface area (Å²) in [5.74, 6) is -4.48. The highest BCUT2D eigenvalue weighted by atomic mass is 16.4. The maximum absolute atomic E-state index is 13.0. The molecular weight excluding hydrogens is 418 g/mol. The second-order valence-electron chi connectivity index (χ2n) is 8.91. The quantitative estimate of drug-likeness (QED) is 0.202. The molecular formula is C21H39N5O6. The normalized spacial score (nSPS) is 15.9. The summed E-state index contributed by atoms with van der Waals surface area (Å²) in [5, 5.41) is 17.0. The lowest BCUT2D eigenvalue weighted by Crippen LogP contribution is -2.59. The summed E-state index contributed by atoms with van der Waals surface area (Å²) >= 11 is 0. The van der Waals surface area contributed by atoms with Gasteiger partial charge in [0.05, 0.1) is 12.5 Å². The van der Waals surface area contributed by atoms with E-state index < -0.39 is 53.8 Å². The Bertz CT molecular complexity index is 682. The number of hydrogen-bond acceptors (Lipinski definition) is 6. The fraction of sp³-hybridized carbons (Fsp3) is 0.762. The van der Waals surface area contributed by atoms with Crippen LogP contribution in [0.25, 0.3) is 0 Å². The topological polar surface area (TPSA) is 194 Å². The van der Waals surface area contributed by atoms with E-state index in [-0.39, 0.29) is 30.6 Å². The van der Waals surface area contributed by atoms with Crippen molar-refractivity contribution in [2.24, 2.45) is 29.2 Å². The maximum atomic E-state index is 13.0. The number of nitrogens with one attached hydrogen (secondary N) is 3. The van der Waals surface area contributed by atoms with E-state index in [2.05, 4.69) is 16.0 Å². The molecule has 0 fully saturated rings. The largest absolute Gasteiger partial charge is 0.480 e. The van der Waals surface area contributed by atoms with Gasteiger partial charge in [-0.25, -0.2) is 4.79 Å². The van der Waals surface area contributed by atoms with Crippen LogP contribution >= 0.6 is 0 Å². The number of carbonyl (C=O) groups is 5. The van der Waals surface area contributed by atoms with Crippen LogP contribution in [0.15, 0.2) is 0 Å². The van der Waals surface area contributed by atoms with Gasteiger partial charge in [-0.3, -0.25) is 19.2 Å². The molecule has 0 spiro atoms. The monoisotopic (exact) mass is 457 g/mol. The van der Waals surface area contributed by atoms with Gasteiger partial charge < -0.3 is 32.5 Å². The van der Waals surface area contributed by atoms with Gasteiger partial charge >= 0.3 is 5.97 Å². The van der Waals surface area contributed by atoms with Crippen molar-refractivity contribution in [2.45, 2.75) is 85.0 Å². The highest BCUT2D eigenvalue weighted by Crippen LogP contribution is 2.12. The molecule has 5 unspecified atom stereocenters. The van der Waals surface area contributed by atoms with Gasteiger partial charge in [-0.05, 0) is 24.2 Å². The molecule has 0 aliphatic carbocycles. The summed E-state index contributed by atoms with van der Waals surface area (Å²) in [6.45, 7) is 10.6. The highest BCUT2D eigenvalue weighted by molar-refractivity contribution is 5.95. The Hall–Kier alpha value is -2.69. The van der Waals surface area contributed by atoms with Crippen LogP contribution in [0.2, 0.25) is 0 Å². The number of nitrogens with two attached hydrogens (primary N) is 2. The third-order valence-corrected chi connectivity index (χ3v) is 5.12. The molecule has 5 atom stereocenters. The van der Waals surface area contributed by atoms with E-state index in [1.165, 1.54) is 0 Å². The Morgan fingerprint density at radius 1 is 0.844 bits per heavy atom. The van der Waals surface area contributed by atoms with Gasteiger partial charge in [-0.1, -0.05) is 48.0 Å². The second-order valence-corrected chi connectivity index (χ2v) is 8.91. The minimum Gasteiger partial charge on any atom is -0.480 e. The number of aliphatic carboxylic acids is 1. The van der Waals surface area contributed by atoms with Crippen molar-refractivity contribution < 1.29 is 29.1 Å². The average Bonchev–Trinajstić information content (AvgIpc) is 2.66. The van der Waals surface area contributed by atoms with E-state index >= 15 is 0 Å². The van der Waals surface area contributed by atoms with Gasteiger partial charge in [0.1, 0.15) is 18.1 Å². The lowest BCUT2D eigenvalue weighted by molar-refractivity contribution is -0.143. The lowest BCUT2D eigenvalue weighted by Gasteiger charge is -2.29. The van der Waals surface area contributed by atoms with Gasteiger partial charge in [0.25, 0.3) is 0 Å². The van der Waals surface area contributed by atoms with Crippen LogP contribution in [-0.4, -0.2) is 58.9 Å². The van der Waals surface area contributed by atoms with Crippen molar-refractivity contribution in [2.75, 3.05) is 0 Å². The summed E-state index contributed by atoms with van der Waals surface area (Å²) in [4.78, 5) is 60.6. The third-order valence-electron chi connectivity index (χ3n) is 5.12. The molecule has 0 saturated carbocycles. The van der Waals surface area contributed by atoms with Gasteiger partial charge in [-0.15, -0.1) is 0 Å². The van der Waals surface area contributed by atoms with Crippen molar-refractivity contribution >= 4 is 29.6 Å². The van der Waals surface area contributed by atoms with Gasteiger partial charge in [0.2, 0.25) is 23.6 Å². The molecule has 0 heterocycles. The summed E-state index contributed by atoms with van der Waals surface area (Å²) in [7, 11) is 0. The number of hydrogen-bond donors (Lipinski definition) is 6. The van der Waals surface area contributed by atoms with E-state index in [9.17, 15) is 29.1 Å². The van der Waals surface area contributed by atoms with Gasteiger partial charge in [0.15, 0.2) is 0 Å². The first kappa shape index (κ1) is 29.3. The first-order chi connectivity index (χ1) is 14.7. The molecule has 4 amide bonds. The number of carbonyl (C=O) groups excluding carboxylic acids is 4. The summed E-state index contributed by atoms with van der Waals surface area (Å²) in [5.41, 5.74) is 10.7. The minimum atomic E-state index is -1.20. The fourth-order valence-corrected chi connectivity index (χ4v) is 3.00. The molecule has 0 aromatic rings. The van der Waals surface area contributed by atoms with Crippen molar-refractivity contribution in [3.8, 4) is 0 Å². The molecule has 0 aromatic heterocycles. The standard InChI is InChI=1S/C21H39N5O6/c1-7-12(6)17(26-18(28)13(22)9-15(23)27)20(30)24-14(8-10(2)3)19(29)25-16(11(4)5)21(31)32/h10-14,16-17H,7-9,22H2,1-6H3,(H2,23,27)(H,24,30)(H,25,29)(H,26,28)(H,31,32). The Kier molecular flexibility index (Phi) is 12.5. The zero-order valence-electron chi connectivity index (χ0n) is 19.8. The molecule has 0 rings (SSSR count). The Balaban J connectivity index is 5.57. The van der Waals surface area contributed by atoms with E-state index in [1.54, 1.807) is 20.8 Å². The zero-order chi connectivity index (χ0) is 25.2. The maximum Gasteiger partial charge on any atom is 0.326 e. The number of primary amides is 1. The zero-order valence-corrected chi connectivity index (χ0v) is 19.8. The molecule has 0 aliphatic rings. The average molecular weight is 458 g/mol. The highest BCUT2D eigenvalue weighted by Gasteiger charge is 2.33. The third kappa shape index (κ3) is 10.1. The van der Waals surface area contributed by atoms with Crippen LogP contribution in [-0.2, 0) is 24.0 Å². The predicted molar refractivity (Wildman–Crippen MR) is 119 cm³/mol. The first-order valence-electron chi connectivity index (χ1n) is 10.9. The number of rotatable bonds is 14. The first-order valence-corrected chi connectivity index (χ1v) is 10.9. The molecule has 0 saturated heterocycles. The molecule has 11 nitrogen and oxygen atoms in total. The number of carboxylic acid groups (broad SMARTS) is 1. The van der Waals surface area contributed by atoms with Gasteiger partial charge in [-0.2, -0.15) is 0 Å². The molecule has 32 heavy (non-hydrogen) atoms. The van der Waals surface area contributed by atoms with Crippen molar-refractivity contribution in [3.63, 3.8) is 0 Å². The van der Waals surface area contributed by atoms with Crippen molar-refractivity contribution in [3.05, 3.63) is 0 Å². The Labute approximate surface area is 189 Å². The molecule has 0 aliphatic heterocycles. The fourth-order valence-electron chi connectivity index (χ4n) is 3.00. The van der Waals surface area contributed by atoms with Crippen LogP contribution in [0, 0.1) is 17.8 Å². The van der Waals surface area contributed by atoms with Crippen LogP contribution in [0.3, 0.4) is 0 Å². The van der Waals surface area contributed by atoms with E-state index in [0.29, 0.717) is 6.42 Å². The van der Waals surface area contributed by atoms with Crippen molar-refractivity contribution in [1.29, 1.82) is 0 Å². The molecule has 11 heteroatoms. The number of amides is 4. The molecule has 0 aromatic carbocycles. The van der Waals surface area contributed by atoms with Crippen LogP contribution < -0.4 is 27.4 Å². The van der Waals surface area contributed by atoms with Crippen LogP contribution in [0.5, 0.6) is 0 Å². The second kappa shape index (κ2) is 13.7. The van der Waals surface area contributed by atoms with E-state index in [1.807, 2.05) is 20.8 Å². The smallest absolute Gasteiger partial charge is 0.326 e. The minimum absolute atomic E-state index is 0.0222. The predicted octanol–water partition coefficient (Wildman–Crippen LogP) is -0.524. The summed E-state index contributed by atoms with van der Waals surface area (Å²) in [6.07, 6.45) is 0.439. The van der Waals surface area contributed by atoms with Crippen LogP contribution in [0.4, 0.5) is 0 Å². The Morgan fingerprint density at radius 2 is 1.38 bits per heavy atom. The molecule has 0 bridgehead atoms. The molecule has 0 radical (unpaired) electrons. The SMILES string of the molecule is CCC(C)C(NC(=O)C(N)CC(N)=O)C(=O)NC(CC(C)C)C(=O)NC(C(=O)O)C(C)C. The Morgan fingerprint density at radius 3 is 1.78 bits per heavy atom. The molecule has 184 valence electrons. The van der Waals surface area contributed by atoms with E-state index in [4.69, 9.17) is 11.5 Å². The van der Waals surface area contributed by atoms with Gasteiger partial charge in [0, 0.05) is 0 Å². The van der Waals surface area contributed by atoms with Crippen molar-refractivity contribution in [1.82, 2.24) is 16.0 Å². The summed E-state index contributed by atoms with van der Waals surface area (Å²) < 4.78 is 0. The number of carboxylic acids is 1. The van der Waals surface area contributed by atoms with Crippen LogP contribution in [0.1, 0.15) is 60.8 Å². The molecule has 8 N–H and O–H groups in total. The summed E-state index contributed by atoms with van der Waals surface area (Å²) in [6, 6.07) is -4.31. The lowest BCUT2D eigenvalue weighted by atomic mass is 9.96. The van der Waals surface area contributed by atoms with E-state index in [0.717, 1.165) is 0 Å².